The van der Waals surface area contributed by atoms with Crippen molar-refractivity contribution in [1.82, 2.24) is 4.57 Å². The van der Waals surface area contributed by atoms with Gasteiger partial charge in [-0.05, 0) is 29.8 Å². The lowest BCUT2D eigenvalue weighted by atomic mass is 10.1. The molecule has 1 heterocycles. The minimum atomic E-state index is -3.87. The number of rotatable bonds is 3. The Labute approximate surface area is 116 Å². The zero-order valence-corrected chi connectivity index (χ0v) is 11.5. The van der Waals surface area contributed by atoms with Crippen LogP contribution in [-0.2, 0) is 23.7 Å². The molecule has 0 bridgehead atoms. The molecule has 0 saturated heterocycles. The van der Waals surface area contributed by atoms with Crippen LogP contribution in [0, 0.1) is 11.3 Å². The van der Waals surface area contributed by atoms with Crippen LogP contribution in [0.3, 0.4) is 0 Å². The largest absolute Gasteiger partial charge is 0.335 e. The number of alkyl halides is 1. The molecule has 0 radical (unpaired) electrons. The molecule has 5 nitrogen and oxygen atoms in total. The van der Waals surface area contributed by atoms with E-state index in [-0.39, 0.29) is 10.5 Å². The summed E-state index contributed by atoms with van der Waals surface area (Å²) in [7, 11) is -2.19. The average molecular weight is 293 g/mol. The Bertz CT molecular complexity index is 804. The van der Waals surface area contributed by atoms with Crippen LogP contribution in [-0.4, -0.2) is 13.0 Å². The molecule has 0 spiro atoms. The molecule has 7 heteroatoms. The van der Waals surface area contributed by atoms with Crippen molar-refractivity contribution in [3.8, 4) is 17.3 Å². The lowest BCUT2D eigenvalue weighted by Crippen LogP contribution is -2.12. The normalized spacial score (nSPS) is 11.3. The molecule has 1 aromatic heterocycles. The van der Waals surface area contributed by atoms with Crippen molar-refractivity contribution in [2.75, 3.05) is 0 Å². The van der Waals surface area contributed by atoms with Crippen LogP contribution in [0.15, 0.2) is 35.2 Å². The first-order chi connectivity index (χ1) is 9.38. The second-order valence-electron chi connectivity index (χ2n) is 4.27. The highest BCUT2D eigenvalue weighted by molar-refractivity contribution is 7.89. The molecule has 0 amide bonds. The predicted octanol–water partition coefficient (Wildman–Crippen LogP) is 1.68. The Morgan fingerprint density at radius 1 is 1.35 bits per heavy atom. The summed E-state index contributed by atoms with van der Waals surface area (Å²) < 4.78 is 37.3. The topological polar surface area (TPSA) is 88.9 Å². The van der Waals surface area contributed by atoms with E-state index < -0.39 is 16.7 Å². The van der Waals surface area contributed by atoms with Gasteiger partial charge in [-0.2, -0.15) is 5.26 Å². The summed E-state index contributed by atoms with van der Waals surface area (Å²) in [5, 5.41) is 13.9. The van der Waals surface area contributed by atoms with Crippen LogP contribution in [0.5, 0.6) is 0 Å². The van der Waals surface area contributed by atoms with E-state index in [9.17, 15) is 12.8 Å². The number of nitrogens with zero attached hydrogens (tertiary/aromatic N) is 2. The van der Waals surface area contributed by atoms with E-state index in [2.05, 4.69) is 0 Å². The monoisotopic (exact) mass is 293 g/mol. The number of aromatic nitrogens is 1. The van der Waals surface area contributed by atoms with Crippen molar-refractivity contribution < 1.29 is 12.8 Å². The van der Waals surface area contributed by atoms with Gasteiger partial charge in [0, 0.05) is 18.3 Å². The second kappa shape index (κ2) is 5.07. The van der Waals surface area contributed by atoms with Crippen LogP contribution in [0.4, 0.5) is 4.39 Å². The first-order valence-corrected chi connectivity index (χ1v) is 7.21. The van der Waals surface area contributed by atoms with Gasteiger partial charge in [0.1, 0.15) is 18.4 Å². The van der Waals surface area contributed by atoms with E-state index in [0.29, 0.717) is 17.0 Å². The van der Waals surface area contributed by atoms with Gasteiger partial charge in [0.25, 0.3) is 0 Å². The van der Waals surface area contributed by atoms with Crippen LogP contribution in [0.1, 0.15) is 11.3 Å². The summed E-state index contributed by atoms with van der Waals surface area (Å²) in [4.78, 5) is -0.136. The number of primary sulfonamides is 1. The Hall–Kier alpha value is -2.17. The molecule has 2 N–H and O–H groups in total. The van der Waals surface area contributed by atoms with Gasteiger partial charge in [-0.1, -0.05) is 6.07 Å². The van der Waals surface area contributed by atoms with Gasteiger partial charge >= 0.3 is 0 Å². The quantitative estimate of drug-likeness (QED) is 0.933. The van der Waals surface area contributed by atoms with Gasteiger partial charge in [0.15, 0.2) is 0 Å². The maximum absolute atomic E-state index is 13.2. The number of nitriles is 1. The number of benzene rings is 1. The molecular weight excluding hydrogens is 281 g/mol. The van der Waals surface area contributed by atoms with E-state index in [1.807, 2.05) is 6.07 Å². The van der Waals surface area contributed by atoms with Gasteiger partial charge in [-0.3, -0.25) is 0 Å². The fraction of sp³-hybridized carbons (Fsp3) is 0.154. The highest BCUT2D eigenvalue weighted by Gasteiger charge is 2.15. The molecule has 0 unspecified atom stereocenters. The van der Waals surface area contributed by atoms with Gasteiger partial charge in [0.2, 0.25) is 10.0 Å². The third-order valence-corrected chi connectivity index (χ3v) is 3.97. The van der Waals surface area contributed by atoms with E-state index in [1.165, 1.54) is 18.2 Å². The van der Waals surface area contributed by atoms with Crippen molar-refractivity contribution in [1.29, 1.82) is 5.26 Å². The van der Waals surface area contributed by atoms with Gasteiger partial charge < -0.3 is 4.57 Å². The number of hydrogen-bond donors (Lipinski definition) is 1. The minimum Gasteiger partial charge on any atom is -0.335 e. The van der Waals surface area contributed by atoms with Crippen molar-refractivity contribution >= 4 is 10.0 Å². The third kappa shape index (κ3) is 2.43. The first-order valence-electron chi connectivity index (χ1n) is 5.66. The van der Waals surface area contributed by atoms with Crippen LogP contribution < -0.4 is 5.14 Å². The average Bonchev–Trinajstić information content (AvgIpc) is 2.78. The van der Waals surface area contributed by atoms with Crippen LogP contribution in [0.2, 0.25) is 0 Å². The van der Waals surface area contributed by atoms with Crippen molar-refractivity contribution in [3.63, 3.8) is 0 Å². The molecule has 2 aromatic rings. The van der Waals surface area contributed by atoms with Crippen LogP contribution >= 0.6 is 0 Å². The van der Waals surface area contributed by atoms with Crippen molar-refractivity contribution in [2.45, 2.75) is 11.6 Å². The van der Waals surface area contributed by atoms with E-state index >= 15 is 0 Å². The van der Waals surface area contributed by atoms with Gasteiger partial charge in [0.05, 0.1) is 4.90 Å². The smallest absolute Gasteiger partial charge is 0.238 e. The fourth-order valence-electron chi connectivity index (χ4n) is 2.00. The zero-order valence-electron chi connectivity index (χ0n) is 10.7. The molecule has 1 aromatic carbocycles. The summed E-state index contributed by atoms with van der Waals surface area (Å²) in [5.41, 5.74) is 1.81. The van der Waals surface area contributed by atoms with Crippen molar-refractivity contribution in [2.24, 2.45) is 12.2 Å². The molecule has 0 aliphatic carbocycles. The molecule has 104 valence electrons. The van der Waals surface area contributed by atoms with E-state index in [1.54, 1.807) is 23.7 Å². The summed E-state index contributed by atoms with van der Waals surface area (Å²) in [5.74, 6) is 0. The Balaban J connectivity index is 2.64. The molecule has 0 aliphatic heterocycles. The van der Waals surface area contributed by atoms with Crippen molar-refractivity contribution in [3.05, 3.63) is 41.6 Å². The summed E-state index contributed by atoms with van der Waals surface area (Å²) in [6.45, 7) is -0.828. The molecule has 0 aliphatic rings. The highest BCUT2D eigenvalue weighted by atomic mass is 32.2. The number of sulfonamides is 1. The Morgan fingerprint density at radius 2 is 2.05 bits per heavy atom. The molecule has 0 saturated carbocycles. The Morgan fingerprint density at radius 3 is 2.55 bits per heavy atom. The molecular formula is C13H12FN3O2S. The maximum atomic E-state index is 13.2. The van der Waals surface area contributed by atoms with E-state index in [0.717, 1.165) is 0 Å². The molecule has 2 rings (SSSR count). The molecule has 20 heavy (non-hydrogen) atoms. The lowest BCUT2D eigenvalue weighted by Gasteiger charge is -2.10. The number of halogens is 1. The highest BCUT2D eigenvalue weighted by Crippen LogP contribution is 2.28. The third-order valence-electron chi connectivity index (χ3n) is 3.06. The first kappa shape index (κ1) is 14.2. The standard InChI is InChI=1S/C13H12FN3O2S/c1-17-10(8-15)2-5-13(17)12-4-3-11(20(16,18)19)6-9(12)7-14/h2-6H,7H2,1H3,(H2,16,18,19). The molecule has 0 atom stereocenters. The van der Waals surface area contributed by atoms with Crippen LogP contribution in [0.25, 0.3) is 11.3 Å². The summed E-state index contributed by atoms with van der Waals surface area (Å²) in [6.07, 6.45) is 0. The second-order valence-corrected chi connectivity index (χ2v) is 5.83. The summed E-state index contributed by atoms with van der Waals surface area (Å²) >= 11 is 0. The van der Waals surface area contributed by atoms with Gasteiger partial charge in [-0.15, -0.1) is 0 Å². The SMILES string of the molecule is Cn1c(C#N)ccc1-c1ccc(S(N)(=O)=O)cc1CF. The fourth-order valence-corrected chi connectivity index (χ4v) is 2.57. The number of hydrogen-bond acceptors (Lipinski definition) is 3. The maximum Gasteiger partial charge on any atom is 0.238 e. The Kier molecular flexibility index (Phi) is 3.61. The van der Waals surface area contributed by atoms with E-state index in [4.69, 9.17) is 10.4 Å². The predicted molar refractivity (Wildman–Crippen MR) is 71.7 cm³/mol. The zero-order chi connectivity index (χ0) is 14.9. The van der Waals surface area contributed by atoms with Gasteiger partial charge in [-0.25, -0.2) is 17.9 Å². The lowest BCUT2D eigenvalue weighted by molar-refractivity contribution is 0.485. The minimum absolute atomic E-state index is 0.136. The number of nitrogens with two attached hydrogens (primary N) is 1. The molecule has 0 fully saturated rings. The summed E-state index contributed by atoms with van der Waals surface area (Å²) in [6, 6.07) is 9.34.